The normalized spacial score (nSPS) is 27.4. The van der Waals surface area contributed by atoms with E-state index < -0.39 is 17.6 Å². The highest BCUT2D eigenvalue weighted by molar-refractivity contribution is 5.52. The maximum Gasteiger partial charge on any atom is 0.391 e. The summed E-state index contributed by atoms with van der Waals surface area (Å²) in [6, 6.07) is 7.62. The Kier molecular flexibility index (Phi) is 4.28. The first kappa shape index (κ1) is 15.2. The van der Waals surface area contributed by atoms with Crippen LogP contribution >= 0.6 is 0 Å². The lowest BCUT2D eigenvalue weighted by molar-refractivity contribution is -0.184. The van der Waals surface area contributed by atoms with Gasteiger partial charge in [0, 0.05) is 5.69 Å². The fraction of sp³-hybridized carbons (Fsp3) is 0.600. The number of anilines is 1. The zero-order valence-corrected chi connectivity index (χ0v) is 11.5. The van der Waals surface area contributed by atoms with Crippen molar-refractivity contribution in [3.63, 3.8) is 0 Å². The average Bonchev–Trinajstić information content (AvgIpc) is 2.41. The van der Waals surface area contributed by atoms with E-state index in [0.717, 1.165) is 11.3 Å². The van der Waals surface area contributed by atoms with E-state index in [2.05, 4.69) is 5.32 Å². The SMILES string of the molecule is Cc1ccccc1NC1(CO)CCC(C(F)(F)F)CC1. The van der Waals surface area contributed by atoms with Gasteiger partial charge < -0.3 is 10.4 Å². The molecule has 0 aromatic heterocycles. The van der Waals surface area contributed by atoms with Crippen LogP contribution in [0.1, 0.15) is 31.2 Å². The van der Waals surface area contributed by atoms with Crippen molar-refractivity contribution in [2.45, 2.75) is 44.3 Å². The van der Waals surface area contributed by atoms with Gasteiger partial charge in [0.2, 0.25) is 0 Å². The number of aliphatic hydroxyl groups excluding tert-OH is 1. The molecule has 0 heterocycles. The topological polar surface area (TPSA) is 32.3 Å². The Labute approximate surface area is 117 Å². The summed E-state index contributed by atoms with van der Waals surface area (Å²) in [5, 5.41) is 12.9. The number of alkyl halides is 3. The molecule has 1 aromatic rings. The van der Waals surface area contributed by atoms with Crippen molar-refractivity contribution in [3.05, 3.63) is 29.8 Å². The summed E-state index contributed by atoms with van der Waals surface area (Å²) in [5.74, 6) is -1.24. The monoisotopic (exact) mass is 287 g/mol. The van der Waals surface area contributed by atoms with Crippen LogP contribution in [0.3, 0.4) is 0 Å². The van der Waals surface area contributed by atoms with Gasteiger partial charge in [-0.1, -0.05) is 18.2 Å². The third-order valence-corrected chi connectivity index (χ3v) is 4.25. The van der Waals surface area contributed by atoms with Crippen LogP contribution in [0.2, 0.25) is 0 Å². The van der Waals surface area contributed by atoms with Crippen LogP contribution in [0, 0.1) is 12.8 Å². The smallest absolute Gasteiger partial charge is 0.391 e. The van der Waals surface area contributed by atoms with Crippen molar-refractivity contribution in [1.29, 1.82) is 0 Å². The molecule has 5 heteroatoms. The molecule has 0 atom stereocenters. The fourth-order valence-corrected chi connectivity index (χ4v) is 2.82. The van der Waals surface area contributed by atoms with Gasteiger partial charge in [-0.3, -0.25) is 0 Å². The number of hydrogen-bond donors (Lipinski definition) is 2. The first-order valence-electron chi connectivity index (χ1n) is 6.88. The Morgan fingerprint density at radius 3 is 2.35 bits per heavy atom. The second kappa shape index (κ2) is 5.64. The largest absolute Gasteiger partial charge is 0.394 e. The number of nitrogens with one attached hydrogen (secondary N) is 1. The molecule has 0 amide bonds. The maximum absolute atomic E-state index is 12.7. The van der Waals surface area contributed by atoms with Crippen molar-refractivity contribution < 1.29 is 18.3 Å². The Morgan fingerprint density at radius 2 is 1.85 bits per heavy atom. The number of hydrogen-bond acceptors (Lipinski definition) is 2. The van der Waals surface area contributed by atoms with Gasteiger partial charge in [0.1, 0.15) is 0 Å². The molecule has 112 valence electrons. The zero-order chi connectivity index (χ0) is 14.8. The summed E-state index contributed by atoms with van der Waals surface area (Å²) >= 11 is 0. The van der Waals surface area contributed by atoms with E-state index in [-0.39, 0.29) is 19.4 Å². The third kappa shape index (κ3) is 3.26. The first-order chi connectivity index (χ1) is 9.36. The fourth-order valence-electron chi connectivity index (χ4n) is 2.82. The zero-order valence-electron chi connectivity index (χ0n) is 11.5. The molecule has 1 aromatic carbocycles. The van der Waals surface area contributed by atoms with Crippen molar-refractivity contribution >= 4 is 5.69 Å². The number of para-hydroxylation sites is 1. The van der Waals surface area contributed by atoms with E-state index in [1.807, 2.05) is 31.2 Å². The Hall–Kier alpha value is -1.23. The van der Waals surface area contributed by atoms with Crippen LogP contribution in [-0.2, 0) is 0 Å². The van der Waals surface area contributed by atoms with Gasteiger partial charge in [-0.05, 0) is 44.2 Å². The van der Waals surface area contributed by atoms with E-state index in [0.29, 0.717) is 12.8 Å². The summed E-state index contributed by atoms with van der Waals surface area (Å²) in [7, 11) is 0. The molecule has 1 aliphatic carbocycles. The van der Waals surface area contributed by atoms with Gasteiger partial charge >= 0.3 is 6.18 Å². The number of benzene rings is 1. The van der Waals surface area contributed by atoms with Crippen molar-refractivity contribution in [1.82, 2.24) is 0 Å². The molecule has 1 aliphatic rings. The molecule has 20 heavy (non-hydrogen) atoms. The molecule has 1 fully saturated rings. The number of aliphatic hydroxyl groups is 1. The molecule has 2 nitrogen and oxygen atoms in total. The van der Waals surface area contributed by atoms with E-state index in [1.54, 1.807) is 0 Å². The third-order valence-electron chi connectivity index (χ3n) is 4.25. The van der Waals surface area contributed by atoms with Crippen molar-refractivity contribution in [2.24, 2.45) is 5.92 Å². The lowest BCUT2D eigenvalue weighted by Crippen LogP contribution is -2.47. The summed E-state index contributed by atoms with van der Waals surface area (Å²) in [6.07, 6.45) is -3.31. The molecule has 0 aliphatic heterocycles. The van der Waals surface area contributed by atoms with Gasteiger partial charge in [0.05, 0.1) is 18.1 Å². The van der Waals surface area contributed by atoms with Crippen LogP contribution in [0.4, 0.5) is 18.9 Å². The quantitative estimate of drug-likeness (QED) is 0.884. The Bertz CT molecular complexity index is 451. The van der Waals surface area contributed by atoms with Crippen LogP contribution in [0.5, 0.6) is 0 Å². The lowest BCUT2D eigenvalue weighted by atomic mass is 9.76. The second-order valence-electron chi connectivity index (χ2n) is 5.69. The van der Waals surface area contributed by atoms with Crippen LogP contribution in [-0.4, -0.2) is 23.4 Å². The molecule has 0 spiro atoms. The van der Waals surface area contributed by atoms with Crippen LogP contribution in [0.15, 0.2) is 24.3 Å². The molecule has 1 saturated carbocycles. The summed E-state index contributed by atoms with van der Waals surface area (Å²) < 4.78 is 38.1. The van der Waals surface area contributed by atoms with Crippen LogP contribution in [0.25, 0.3) is 0 Å². The molecular weight excluding hydrogens is 267 g/mol. The highest BCUT2D eigenvalue weighted by Crippen LogP contribution is 2.42. The van der Waals surface area contributed by atoms with Crippen molar-refractivity contribution in [2.75, 3.05) is 11.9 Å². The van der Waals surface area contributed by atoms with Gasteiger partial charge in [0.15, 0.2) is 0 Å². The number of aryl methyl sites for hydroxylation is 1. The van der Waals surface area contributed by atoms with Gasteiger partial charge in [-0.2, -0.15) is 13.2 Å². The minimum atomic E-state index is -4.12. The Balaban J connectivity index is 2.08. The first-order valence-corrected chi connectivity index (χ1v) is 6.88. The molecule has 0 saturated heterocycles. The summed E-state index contributed by atoms with van der Waals surface area (Å²) in [6.45, 7) is 1.79. The van der Waals surface area contributed by atoms with Gasteiger partial charge in [0.25, 0.3) is 0 Å². The predicted octanol–water partition coefficient (Wildman–Crippen LogP) is 3.89. The molecule has 0 radical (unpaired) electrons. The number of rotatable bonds is 3. The molecular formula is C15H20F3NO. The van der Waals surface area contributed by atoms with E-state index in [1.165, 1.54) is 0 Å². The minimum Gasteiger partial charge on any atom is -0.394 e. The second-order valence-corrected chi connectivity index (χ2v) is 5.69. The van der Waals surface area contributed by atoms with Gasteiger partial charge in [-0.25, -0.2) is 0 Å². The van der Waals surface area contributed by atoms with E-state index in [9.17, 15) is 18.3 Å². The average molecular weight is 287 g/mol. The van der Waals surface area contributed by atoms with E-state index in [4.69, 9.17) is 0 Å². The highest BCUT2D eigenvalue weighted by atomic mass is 19.4. The molecule has 2 rings (SSSR count). The predicted molar refractivity (Wildman–Crippen MR) is 72.6 cm³/mol. The maximum atomic E-state index is 12.7. The van der Waals surface area contributed by atoms with Gasteiger partial charge in [-0.15, -0.1) is 0 Å². The van der Waals surface area contributed by atoms with Crippen molar-refractivity contribution in [3.8, 4) is 0 Å². The summed E-state index contributed by atoms with van der Waals surface area (Å²) in [4.78, 5) is 0. The summed E-state index contributed by atoms with van der Waals surface area (Å²) in [5.41, 5.74) is 1.28. The molecule has 0 bridgehead atoms. The molecule has 0 unspecified atom stereocenters. The highest BCUT2D eigenvalue weighted by Gasteiger charge is 2.45. The number of halogens is 3. The standard InChI is InChI=1S/C15H20F3NO/c1-11-4-2-3-5-13(11)19-14(10-20)8-6-12(7-9-14)15(16,17)18/h2-5,12,19-20H,6-10H2,1H3. The Morgan fingerprint density at radius 1 is 1.25 bits per heavy atom. The lowest BCUT2D eigenvalue weighted by Gasteiger charge is -2.41. The van der Waals surface area contributed by atoms with Crippen LogP contribution < -0.4 is 5.32 Å². The minimum absolute atomic E-state index is 0.0724. The molecule has 2 N–H and O–H groups in total. The van der Waals surface area contributed by atoms with E-state index >= 15 is 0 Å².